The molecule has 1 aliphatic heterocycles. The molecule has 1 saturated heterocycles. The minimum Gasteiger partial charge on any atom is -0.493 e. The highest BCUT2D eigenvalue weighted by molar-refractivity contribution is 7.89. The maximum absolute atomic E-state index is 13.3. The third-order valence-electron chi connectivity index (χ3n) is 6.14. The average Bonchev–Trinajstić information content (AvgIpc) is 3.34. The third-order valence-corrected chi connectivity index (χ3v) is 8.02. The molecular formula is C26H33N3O5S. The Labute approximate surface area is 207 Å². The first-order chi connectivity index (χ1) is 16.7. The number of sulfonamides is 1. The lowest BCUT2D eigenvalue weighted by Crippen LogP contribution is -2.39. The molecule has 0 amide bonds. The molecule has 0 bridgehead atoms. The van der Waals surface area contributed by atoms with Crippen molar-refractivity contribution in [3.05, 3.63) is 53.9 Å². The van der Waals surface area contributed by atoms with Crippen LogP contribution in [0.2, 0.25) is 0 Å². The van der Waals surface area contributed by atoms with Crippen molar-refractivity contribution in [1.29, 1.82) is 0 Å². The fraction of sp³-hybridized carbons (Fsp3) is 0.462. The predicted octanol–water partition coefficient (Wildman–Crippen LogP) is 5.22. The lowest BCUT2D eigenvalue weighted by Gasteiger charge is -2.30. The fourth-order valence-electron chi connectivity index (χ4n) is 4.21. The maximum atomic E-state index is 13.3. The quantitative estimate of drug-likeness (QED) is 0.419. The molecule has 3 aromatic rings. The number of benzene rings is 2. The van der Waals surface area contributed by atoms with Gasteiger partial charge in [-0.25, -0.2) is 8.42 Å². The second kappa shape index (κ2) is 10.4. The van der Waals surface area contributed by atoms with Gasteiger partial charge in [-0.2, -0.15) is 9.29 Å². The van der Waals surface area contributed by atoms with E-state index < -0.39 is 10.0 Å². The van der Waals surface area contributed by atoms with Gasteiger partial charge in [0.2, 0.25) is 21.7 Å². The van der Waals surface area contributed by atoms with Crippen LogP contribution in [0.4, 0.5) is 0 Å². The largest absolute Gasteiger partial charge is 0.493 e. The van der Waals surface area contributed by atoms with Crippen LogP contribution in [0.1, 0.15) is 63.8 Å². The van der Waals surface area contributed by atoms with Crippen LogP contribution >= 0.6 is 0 Å². The lowest BCUT2D eigenvalue weighted by molar-refractivity contribution is 0.230. The Kier molecular flexibility index (Phi) is 7.47. The van der Waals surface area contributed by atoms with Gasteiger partial charge >= 0.3 is 0 Å². The van der Waals surface area contributed by atoms with Crippen LogP contribution in [-0.2, 0) is 10.0 Å². The Morgan fingerprint density at radius 3 is 2.46 bits per heavy atom. The minimum atomic E-state index is -3.60. The van der Waals surface area contributed by atoms with Gasteiger partial charge < -0.3 is 14.0 Å². The number of hydrogen-bond donors (Lipinski definition) is 0. The smallest absolute Gasteiger partial charge is 0.243 e. The SMILES string of the molecule is COc1cc(-c2noc(C3CCCN(S(=O)(=O)c4ccc(C(C)C)cc4)C3)n2)ccc1OC(C)C. The third kappa shape index (κ3) is 5.51. The zero-order chi connectivity index (χ0) is 25.2. The summed E-state index contributed by atoms with van der Waals surface area (Å²) in [5, 5.41) is 4.15. The van der Waals surface area contributed by atoms with E-state index in [9.17, 15) is 8.42 Å². The van der Waals surface area contributed by atoms with E-state index in [1.807, 2.05) is 44.2 Å². The molecule has 0 spiro atoms. The summed E-state index contributed by atoms with van der Waals surface area (Å²) >= 11 is 0. The van der Waals surface area contributed by atoms with Crippen molar-refractivity contribution in [2.24, 2.45) is 0 Å². The summed E-state index contributed by atoms with van der Waals surface area (Å²) in [6.07, 6.45) is 1.52. The van der Waals surface area contributed by atoms with Crippen molar-refractivity contribution in [3.8, 4) is 22.9 Å². The summed E-state index contributed by atoms with van der Waals surface area (Å²) in [6, 6.07) is 12.6. The normalized spacial score (nSPS) is 17.2. The van der Waals surface area contributed by atoms with Crippen LogP contribution in [0, 0.1) is 0 Å². The molecule has 35 heavy (non-hydrogen) atoms. The maximum Gasteiger partial charge on any atom is 0.243 e. The van der Waals surface area contributed by atoms with Crippen molar-refractivity contribution < 1.29 is 22.4 Å². The van der Waals surface area contributed by atoms with E-state index in [0.29, 0.717) is 47.1 Å². The molecule has 4 rings (SSSR count). The summed E-state index contributed by atoms with van der Waals surface area (Å²) in [4.78, 5) is 4.90. The molecule has 2 aromatic carbocycles. The molecule has 0 N–H and O–H groups in total. The van der Waals surface area contributed by atoms with E-state index >= 15 is 0 Å². The first-order valence-corrected chi connectivity index (χ1v) is 13.4. The number of nitrogens with zero attached hydrogens (tertiary/aromatic N) is 3. The highest BCUT2D eigenvalue weighted by Crippen LogP contribution is 2.34. The van der Waals surface area contributed by atoms with E-state index in [4.69, 9.17) is 14.0 Å². The lowest BCUT2D eigenvalue weighted by atomic mass is 10.00. The summed E-state index contributed by atoms with van der Waals surface area (Å²) in [5.41, 5.74) is 1.85. The number of piperidine rings is 1. The molecule has 188 valence electrons. The second-order valence-electron chi connectivity index (χ2n) is 9.41. The van der Waals surface area contributed by atoms with Gasteiger partial charge in [-0.1, -0.05) is 31.1 Å². The molecule has 2 heterocycles. The zero-order valence-electron chi connectivity index (χ0n) is 20.9. The van der Waals surface area contributed by atoms with E-state index in [2.05, 4.69) is 24.0 Å². The second-order valence-corrected chi connectivity index (χ2v) is 11.4. The van der Waals surface area contributed by atoms with Crippen LogP contribution in [0.15, 0.2) is 51.9 Å². The summed E-state index contributed by atoms with van der Waals surface area (Å²) < 4.78 is 44.9. The van der Waals surface area contributed by atoms with Crippen molar-refractivity contribution in [3.63, 3.8) is 0 Å². The molecular weight excluding hydrogens is 466 g/mol. The fourth-order valence-corrected chi connectivity index (χ4v) is 5.74. The highest BCUT2D eigenvalue weighted by atomic mass is 32.2. The van der Waals surface area contributed by atoms with Gasteiger partial charge in [0.05, 0.1) is 24.0 Å². The van der Waals surface area contributed by atoms with Crippen molar-refractivity contribution >= 4 is 10.0 Å². The van der Waals surface area contributed by atoms with Crippen molar-refractivity contribution in [2.75, 3.05) is 20.2 Å². The number of rotatable bonds is 8. The number of ether oxygens (including phenoxy) is 2. The van der Waals surface area contributed by atoms with E-state index in [1.54, 1.807) is 19.2 Å². The Bertz CT molecular complexity index is 1250. The van der Waals surface area contributed by atoms with E-state index in [-0.39, 0.29) is 12.0 Å². The van der Waals surface area contributed by atoms with Gasteiger partial charge in [0.1, 0.15) is 0 Å². The monoisotopic (exact) mass is 499 g/mol. The predicted molar refractivity (Wildman–Crippen MR) is 133 cm³/mol. The standard InChI is InChI=1S/C26H33N3O5S/c1-17(2)19-8-11-22(12-9-19)35(30,31)29-14-6-7-21(16-29)26-27-25(28-34-26)20-10-13-23(33-18(3)4)24(15-20)32-5/h8-13,15,17-18,21H,6-7,14,16H2,1-5H3. The van der Waals surface area contributed by atoms with Crippen LogP contribution in [0.5, 0.6) is 11.5 Å². The van der Waals surface area contributed by atoms with Crippen molar-refractivity contribution in [2.45, 2.75) is 63.4 Å². The molecule has 9 heteroatoms. The first-order valence-electron chi connectivity index (χ1n) is 12.0. The summed E-state index contributed by atoms with van der Waals surface area (Å²) in [6.45, 7) is 8.85. The van der Waals surface area contributed by atoms with Crippen LogP contribution in [-0.4, -0.2) is 49.2 Å². The molecule has 0 radical (unpaired) electrons. The average molecular weight is 500 g/mol. The van der Waals surface area contributed by atoms with Crippen LogP contribution in [0.25, 0.3) is 11.4 Å². The first kappa shape index (κ1) is 25.2. The Balaban J connectivity index is 1.52. The molecule has 1 aromatic heterocycles. The zero-order valence-corrected chi connectivity index (χ0v) is 21.7. The highest BCUT2D eigenvalue weighted by Gasteiger charge is 2.33. The van der Waals surface area contributed by atoms with Crippen molar-refractivity contribution in [1.82, 2.24) is 14.4 Å². The van der Waals surface area contributed by atoms with Gasteiger partial charge in [-0.3, -0.25) is 0 Å². The number of methoxy groups -OCH3 is 1. The van der Waals surface area contributed by atoms with Gasteiger partial charge in [-0.15, -0.1) is 0 Å². The van der Waals surface area contributed by atoms with Crippen LogP contribution < -0.4 is 9.47 Å². The van der Waals surface area contributed by atoms with Gasteiger partial charge in [0.25, 0.3) is 0 Å². The Morgan fingerprint density at radius 1 is 1.06 bits per heavy atom. The van der Waals surface area contributed by atoms with Crippen LogP contribution in [0.3, 0.4) is 0 Å². The van der Waals surface area contributed by atoms with Gasteiger partial charge in [-0.05, 0) is 68.5 Å². The Hall–Kier alpha value is -2.91. The van der Waals surface area contributed by atoms with E-state index in [1.165, 1.54) is 4.31 Å². The number of hydrogen-bond acceptors (Lipinski definition) is 7. The minimum absolute atomic E-state index is 0.0187. The summed E-state index contributed by atoms with van der Waals surface area (Å²) in [5.74, 6) is 2.28. The van der Waals surface area contributed by atoms with E-state index in [0.717, 1.165) is 24.0 Å². The number of aromatic nitrogens is 2. The molecule has 0 aliphatic carbocycles. The molecule has 8 nitrogen and oxygen atoms in total. The van der Waals surface area contributed by atoms with Gasteiger partial charge in [0.15, 0.2) is 11.5 Å². The molecule has 1 fully saturated rings. The Morgan fingerprint density at radius 2 is 1.80 bits per heavy atom. The summed E-state index contributed by atoms with van der Waals surface area (Å²) in [7, 11) is -2.02. The molecule has 1 atom stereocenters. The topological polar surface area (TPSA) is 94.8 Å². The molecule has 1 unspecified atom stereocenters. The van der Waals surface area contributed by atoms with Gasteiger partial charge in [0, 0.05) is 18.7 Å². The molecule has 0 saturated carbocycles. The molecule has 1 aliphatic rings.